The fraction of sp³-hybridized carbons (Fsp3) is 0.294. The predicted octanol–water partition coefficient (Wildman–Crippen LogP) is 3.15. The molecule has 6 heteroatoms. The third kappa shape index (κ3) is 4.97. The number of rotatable bonds is 7. The molecule has 23 heavy (non-hydrogen) atoms. The van der Waals surface area contributed by atoms with Gasteiger partial charge in [0.1, 0.15) is 29.8 Å². The van der Waals surface area contributed by atoms with Crippen molar-refractivity contribution < 1.29 is 23.0 Å². The fourth-order valence-electron chi connectivity index (χ4n) is 2.18. The lowest BCUT2D eigenvalue weighted by Crippen LogP contribution is -2.29. The van der Waals surface area contributed by atoms with Crippen molar-refractivity contribution in [3.8, 4) is 5.75 Å². The molecule has 0 amide bonds. The van der Waals surface area contributed by atoms with Gasteiger partial charge in [-0.15, -0.1) is 0 Å². The number of ether oxygens (including phenoxy) is 1. The van der Waals surface area contributed by atoms with Crippen molar-refractivity contribution in [2.45, 2.75) is 6.10 Å². The summed E-state index contributed by atoms with van der Waals surface area (Å²) < 4.78 is 45.5. The molecule has 0 aliphatic carbocycles. The average molecular weight is 325 g/mol. The molecule has 0 aromatic heterocycles. The summed E-state index contributed by atoms with van der Waals surface area (Å²) in [7, 11) is 1.69. The van der Waals surface area contributed by atoms with Gasteiger partial charge in [-0.1, -0.05) is 12.1 Å². The minimum Gasteiger partial charge on any atom is -0.492 e. The Morgan fingerprint density at radius 1 is 1.09 bits per heavy atom. The van der Waals surface area contributed by atoms with Gasteiger partial charge in [-0.3, -0.25) is 0 Å². The summed E-state index contributed by atoms with van der Waals surface area (Å²) in [5.74, 6) is -1.54. The molecule has 0 bridgehead atoms. The zero-order valence-electron chi connectivity index (χ0n) is 12.7. The molecular formula is C17H18F3NO2. The maximum absolute atomic E-state index is 13.6. The van der Waals surface area contributed by atoms with Gasteiger partial charge >= 0.3 is 0 Å². The molecule has 0 fully saturated rings. The van der Waals surface area contributed by atoms with Crippen molar-refractivity contribution >= 4 is 0 Å². The Balaban J connectivity index is 1.83. The highest BCUT2D eigenvalue weighted by Crippen LogP contribution is 2.21. The topological polar surface area (TPSA) is 32.7 Å². The fourth-order valence-corrected chi connectivity index (χ4v) is 2.18. The molecule has 1 atom stereocenters. The van der Waals surface area contributed by atoms with E-state index in [1.54, 1.807) is 24.1 Å². The Hall–Kier alpha value is -2.05. The van der Waals surface area contributed by atoms with Crippen LogP contribution in [0.25, 0.3) is 0 Å². The van der Waals surface area contributed by atoms with Crippen LogP contribution in [0.15, 0.2) is 42.5 Å². The Bertz CT molecular complexity index is 631. The van der Waals surface area contributed by atoms with Gasteiger partial charge in [0.15, 0.2) is 0 Å². The van der Waals surface area contributed by atoms with E-state index in [1.807, 2.05) is 0 Å². The Labute approximate surface area is 132 Å². The number of halogens is 3. The van der Waals surface area contributed by atoms with E-state index in [0.29, 0.717) is 12.3 Å². The maximum atomic E-state index is 13.6. The molecule has 0 unspecified atom stereocenters. The van der Waals surface area contributed by atoms with Crippen molar-refractivity contribution in [2.75, 3.05) is 26.7 Å². The molecule has 2 aromatic rings. The van der Waals surface area contributed by atoms with Gasteiger partial charge in [-0.05, 0) is 31.3 Å². The van der Waals surface area contributed by atoms with Gasteiger partial charge in [0, 0.05) is 19.2 Å². The van der Waals surface area contributed by atoms with E-state index in [0.717, 1.165) is 12.1 Å². The summed E-state index contributed by atoms with van der Waals surface area (Å²) in [6.45, 7) is 0.709. The SMILES string of the molecule is CN(CCOc1cccc(F)c1)C[C@H](O)c1c(F)cccc1F. The molecule has 2 rings (SSSR count). The van der Waals surface area contributed by atoms with Gasteiger partial charge in [0.05, 0.1) is 11.7 Å². The molecule has 3 nitrogen and oxygen atoms in total. The lowest BCUT2D eigenvalue weighted by Gasteiger charge is -2.21. The van der Waals surface area contributed by atoms with Crippen LogP contribution in [0.4, 0.5) is 13.2 Å². The largest absolute Gasteiger partial charge is 0.492 e. The van der Waals surface area contributed by atoms with Crippen molar-refractivity contribution in [2.24, 2.45) is 0 Å². The van der Waals surface area contributed by atoms with Crippen LogP contribution >= 0.6 is 0 Å². The zero-order chi connectivity index (χ0) is 16.8. The minimum atomic E-state index is -1.28. The van der Waals surface area contributed by atoms with E-state index in [-0.39, 0.29) is 24.5 Å². The van der Waals surface area contributed by atoms with Crippen LogP contribution in [0.1, 0.15) is 11.7 Å². The van der Waals surface area contributed by atoms with Gasteiger partial charge in [-0.25, -0.2) is 13.2 Å². The van der Waals surface area contributed by atoms with Crippen LogP contribution in [0.3, 0.4) is 0 Å². The summed E-state index contributed by atoms with van der Waals surface area (Å²) in [6, 6.07) is 9.22. The summed E-state index contributed by atoms with van der Waals surface area (Å²) in [6.07, 6.45) is -1.28. The molecule has 2 aromatic carbocycles. The maximum Gasteiger partial charge on any atom is 0.131 e. The Morgan fingerprint density at radius 3 is 2.39 bits per heavy atom. The van der Waals surface area contributed by atoms with Crippen LogP contribution in [0.2, 0.25) is 0 Å². The molecule has 0 saturated heterocycles. The van der Waals surface area contributed by atoms with E-state index in [9.17, 15) is 18.3 Å². The van der Waals surface area contributed by atoms with E-state index in [2.05, 4.69) is 0 Å². The van der Waals surface area contributed by atoms with E-state index < -0.39 is 17.7 Å². The van der Waals surface area contributed by atoms with Crippen molar-refractivity contribution in [1.29, 1.82) is 0 Å². The van der Waals surface area contributed by atoms with Crippen LogP contribution < -0.4 is 4.74 Å². The normalized spacial score (nSPS) is 12.4. The molecule has 0 radical (unpaired) electrons. The van der Waals surface area contributed by atoms with Crippen LogP contribution in [0, 0.1) is 17.5 Å². The number of aliphatic hydroxyl groups excluding tert-OH is 1. The highest BCUT2D eigenvalue weighted by molar-refractivity contribution is 5.23. The van der Waals surface area contributed by atoms with Gasteiger partial charge in [0.2, 0.25) is 0 Å². The second-order valence-corrected chi connectivity index (χ2v) is 5.22. The number of hydrogen-bond acceptors (Lipinski definition) is 3. The first kappa shape index (κ1) is 17.3. The Morgan fingerprint density at radius 2 is 1.74 bits per heavy atom. The highest BCUT2D eigenvalue weighted by Gasteiger charge is 2.19. The summed E-state index contributed by atoms with van der Waals surface area (Å²) in [5, 5.41) is 9.99. The molecule has 124 valence electrons. The second-order valence-electron chi connectivity index (χ2n) is 5.22. The minimum absolute atomic E-state index is 0.0460. The van der Waals surface area contributed by atoms with Crippen molar-refractivity contribution in [3.05, 3.63) is 65.5 Å². The lowest BCUT2D eigenvalue weighted by atomic mass is 10.1. The van der Waals surface area contributed by atoms with Gasteiger partial charge in [0.25, 0.3) is 0 Å². The standard InChI is InChI=1S/C17H18F3NO2/c1-21(8-9-23-13-5-2-4-12(18)10-13)11-16(22)17-14(19)6-3-7-15(17)20/h2-7,10,16,22H,8-9,11H2,1H3/t16-/m0/s1. The average Bonchev–Trinajstić information content (AvgIpc) is 2.47. The summed E-state index contributed by atoms with van der Waals surface area (Å²) in [4.78, 5) is 1.68. The molecule has 0 saturated carbocycles. The molecule has 1 N–H and O–H groups in total. The van der Waals surface area contributed by atoms with Crippen molar-refractivity contribution in [1.82, 2.24) is 4.90 Å². The third-order valence-electron chi connectivity index (χ3n) is 3.36. The van der Waals surface area contributed by atoms with Gasteiger partial charge < -0.3 is 14.7 Å². The van der Waals surface area contributed by atoms with Crippen LogP contribution in [-0.4, -0.2) is 36.8 Å². The monoisotopic (exact) mass is 325 g/mol. The molecule has 0 aliphatic heterocycles. The first-order valence-electron chi connectivity index (χ1n) is 7.16. The summed E-state index contributed by atoms with van der Waals surface area (Å²) >= 11 is 0. The summed E-state index contributed by atoms with van der Waals surface area (Å²) in [5.41, 5.74) is -0.342. The van der Waals surface area contributed by atoms with E-state index in [4.69, 9.17) is 4.74 Å². The number of nitrogens with zero attached hydrogens (tertiary/aromatic N) is 1. The second kappa shape index (κ2) is 7.99. The zero-order valence-corrected chi connectivity index (χ0v) is 12.7. The van der Waals surface area contributed by atoms with Crippen LogP contribution in [-0.2, 0) is 0 Å². The number of hydrogen-bond donors (Lipinski definition) is 1. The first-order valence-corrected chi connectivity index (χ1v) is 7.16. The molecular weight excluding hydrogens is 307 g/mol. The van der Waals surface area contributed by atoms with E-state index >= 15 is 0 Å². The first-order chi connectivity index (χ1) is 11.0. The smallest absolute Gasteiger partial charge is 0.131 e. The molecule has 0 spiro atoms. The quantitative estimate of drug-likeness (QED) is 0.849. The number of benzene rings is 2. The molecule has 0 heterocycles. The van der Waals surface area contributed by atoms with Gasteiger partial charge in [-0.2, -0.15) is 0 Å². The highest BCUT2D eigenvalue weighted by atomic mass is 19.1. The van der Waals surface area contributed by atoms with Crippen LogP contribution in [0.5, 0.6) is 5.75 Å². The van der Waals surface area contributed by atoms with Crippen molar-refractivity contribution in [3.63, 3.8) is 0 Å². The third-order valence-corrected chi connectivity index (χ3v) is 3.36. The van der Waals surface area contributed by atoms with E-state index in [1.165, 1.54) is 18.2 Å². The predicted molar refractivity (Wildman–Crippen MR) is 80.7 cm³/mol. The number of likely N-dealkylation sites (N-methyl/N-ethyl adjacent to an activating group) is 1. The number of aliphatic hydroxyl groups is 1. The molecule has 0 aliphatic rings. The Kier molecular flexibility index (Phi) is 6.01. The lowest BCUT2D eigenvalue weighted by molar-refractivity contribution is 0.111.